The van der Waals surface area contributed by atoms with Gasteiger partial charge in [0.2, 0.25) is 5.91 Å². The molecule has 0 spiro atoms. The predicted octanol–water partition coefficient (Wildman–Crippen LogP) is 3.95. The topological polar surface area (TPSA) is 84.9 Å². The first kappa shape index (κ1) is 19.1. The van der Waals surface area contributed by atoms with Gasteiger partial charge in [-0.25, -0.2) is 4.79 Å². The van der Waals surface area contributed by atoms with Crippen LogP contribution in [0.15, 0.2) is 12.1 Å². The number of carboxylic acids is 1. The summed E-state index contributed by atoms with van der Waals surface area (Å²) in [5, 5.41) is 12.1. The summed E-state index contributed by atoms with van der Waals surface area (Å²) >= 11 is 0. The van der Waals surface area contributed by atoms with E-state index in [0.29, 0.717) is 23.8 Å². The molecule has 1 amide bonds. The number of anilines is 1. The maximum absolute atomic E-state index is 12.6. The standard InChI is InChI=1S/C19H27NO5/c1-19(2)8-6-5-7-13(19)11-16(21)20-14-9-12(18(22)23)10-15(24-3)17(14)25-4/h9-10,13H,5-8,11H2,1-4H3,(H,20,21)(H,22,23). The molecule has 6 nitrogen and oxygen atoms in total. The van der Waals surface area contributed by atoms with Crippen LogP contribution >= 0.6 is 0 Å². The molecule has 25 heavy (non-hydrogen) atoms. The van der Waals surface area contributed by atoms with Gasteiger partial charge in [0.25, 0.3) is 0 Å². The van der Waals surface area contributed by atoms with E-state index in [2.05, 4.69) is 19.2 Å². The average molecular weight is 349 g/mol. The first-order valence-corrected chi connectivity index (χ1v) is 8.57. The Kier molecular flexibility index (Phi) is 5.93. The molecule has 1 saturated carbocycles. The van der Waals surface area contributed by atoms with E-state index < -0.39 is 5.97 Å². The summed E-state index contributed by atoms with van der Waals surface area (Å²) in [6.07, 6.45) is 4.92. The predicted molar refractivity (Wildman–Crippen MR) is 95.5 cm³/mol. The first-order chi connectivity index (χ1) is 11.8. The second-order valence-corrected chi connectivity index (χ2v) is 7.25. The highest BCUT2D eigenvalue weighted by Crippen LogP contribution is 2.43. The number of benzene rings is 1. The fraction of sp³-hybridized carbons (Fsp3) is 0.579. The molecule has 0 radical (unpaired) electrons. The number of amides is 1. The molecule has 1 aromatic rings. The molecule has 1 aromatic carbocycles. The molecule has 1 fully saturated rings. The average Bonchev–Trinajstić information content (AvgIpc) is 2.55. The summed E-state index contributed by atoms with van der Waals surface area (Å²) < 4.78 is 10.5. The van der Waals surface area contributed by atoms with Crippen molar-refractivity contribution in [3.8, 4) is 11.5 Å². The third kappa shape index (κ3) is 4.44. The number of carbonyl (C=O) groups excluding carboxylic acids is 1. The van der Waals surface area contributed by atoms with Crippen molar-refractivity contribution >= 4 is 17.6 Å². The fourth-order valence-corrected chi connectivity index (χ4v) is 3.55. The zero-order chi connectivity index (χ0) is 18.6. The van der Waals surface area contributed by atoms with Gasteiger partial charge >= 0.3 is 5.97 Å². The quantitative estimate of drug-likeness (QED) is 0.812. The van der Waals surface area contributed by atoms with Crippen molar-refractivity contribution in [2.75, 3.05) is 19.5 Å². The zero-order valence-corrected chi connectivity index (χ0v) is 15.3. The largest absolute Gasteiger partial charge is 0.493 e. The van der Waals surface area contributed by atoms with Gasteiger partial charge < -0.3 is 19.9 Å². The Bertz CT molecular complexity index is 653. The maximum atomic E-state index is 12.6. The third-order valence-corrected chi connectivity index (χ3v) is 5.16. The van der Waals surface area contributed by atoms with Crippen molar-refractivity contribution in [3.63, 3.8) is 0 Å². The lowest BCUT2D eigenvalue weighted by Crippen LogP contribution is -2.31. The third-order valence-electron chi connectivity index (χ3n) is 5.16. The van der Waals surface area contributed by atoms with Crippen molar-refractivity contribution in [2.45, 2.75) is 46.0 Å². The van der Waals surface area contributed by atoms with Crippen molar-refractivity contribution in [2.24, 2.45) is 11.3 Å². The highest BCUT2D eigenvalue weighted by atomic mass is 16.5. The lowest BCUT2D eigenvalue weighted by Gasteiger charge is -2.38. The summed E-state index contributed by atoms with van der Waals surface area (Å²) in [4.78, 5) is 23.9. The highest BCUT2D eigenvalue weighted by molar-refractivity contribution is 5.96. The van der Waals surface area contributed by atoms with E-state index >= 15 is 0 Å². The van der Waals surface area contributed by atoms with Crippen LogP contribution in [0.5, 0.6) is 11.5 Å². The summed E-state index contributed by atoms with van der Waals surface area (Å²) in [5.74, 6) is -0.316. The van der Waals surface area contributed by atoms with Crippen LogP contribution in [-0.4, -0.2) is 31.2 Å². The van der Waals surface area contributed by atoms with Gasteiger partial charge in [-0.2, -0.15) is 0 Å². The number of carbonyl (C=O) groups is 2. The molecule has 1 unspecified atom stereocenters. The summed E-state index contributed by atoms with van der Waals surface area (Å²) in [7, 11) is 2.89. The summed E-state index contributed by atoms with van der Waals surface area (Å²) in [6.45, 7) is 4.41. The molecule has 0 bridgehead atoms. The minimum absolute atomic E-state index is 0.0333. The molecule has 1 aliphatic carbocycles. The summed E-state index contributed by atoms with van der Waals surface area (Å²) in [5.41, 5.74) is 0.490. The molecule has 0 saturated heterocycles. The van der Waals surface area contributed by atoms with E-state index in [0.717, 1.165) is 19.3 Å². The number of nitrogens with one attached hydrogen (secondary N) is 1. The number of aromatic carboxylic acids is 1. The number of methoxy groups -OCH3 is 2. The molecule has 2 N–H and O–H groups in total. The van der Waals surface area contributed by atoms with Crippen molar-refractivity contribution in [3.05, 3.63) is 17.7 Å². The molecule has 0 heterocycles. The Balaban J connectivity index is 2.21. The fourth-order valence-electron chi connectivity index (χ4n) is 3.55. The lowest BCUT2D eigenvalue weighted by molar-refractivity contribution is -0.118. The van der Waals surface area contributed by atoms with Crippen LogP contribution in [-0.2, 0) is 4.79 Å². The Morgan fingerprint density at radius 1 is 1.24 bits per heavy atom. The number of carboxylic acid groups (broad SMARTS) is 1. The molecule has 6 heteroatoms. The van der Waals surface area contributed by atoms with Gasteiger partial charge in [-0.3, -0.25) is 4.79 Å². The Hall–Kier alpha value is -2.24. The van der Waals surface area contributed by atoms with Crippen molar-refractivity contribution in [1.82, 2.24) is 0 Å². The van der Waals surface area contributed by atoms with Gasteiger partial charge in [-0.15, -0.1) is 0 Å². The van der Waals surface area contributed by atoms with Gasteiger partial charge in [-0.05, 0) is 36.3 Å². The molecule has 0 aromatic heterocycles. The van der Waals surface area contributed by atoms with E-state index in [4.69, 9.17) is 9.47 Å². The second kappa shape index (κ2) is 7.76. The van der Waals surface area contributed by atoms with E-state index in [1.165, 1.54) is 32.8 Å². The zero-order valence-electron chi connectivity index (χ0n) is 15.3. The Morgan fingerprint density at radius 3 is 2.52 bits per heavy atom. The van der Waals surface area contributed by atoms with Gasteiger partial charge in [0.15, 0.2) is 11.5 Å². The van der Waals surface area contributed by atoms with Crippen LogP contribution in [0.4, 0.5) is 5.69 Å². The van der Waals surface area contributed by atoms with Crippen LogP contribution in [0.2, 0.25) is 0 Å². The van der Waals surface area contributed by atoms with Crippen LogP contribution in [0, 0.1) is 11.3 Å². The number of ether oxygens (including phenoxy) is 2. The number of hydrogen-bond acceptors (Lipinski definition) is 4. The normalized spacial score (nSPS) is 19.1. The second-order valence-electron chi connectivity index (χ2n) is 7.25. The van der Waals surface area contributed by atoms with Crippen molar-refractivity contribution in [1.29, 1.82) is 0 Å². The maximum Gasteiger partial charge on any atom is 0.335 e. The SMILES string of the molecule is COc1cc(C(=O)O)cc(NC(=O)CC2CCCCC2(C)C)c1OC. The number of hydrogen-bond donors (Lipinski definition) is 2. The molecule has 138 valence electrons. The molecule has 1 atom stereocenters. The minimum atomic E-state index is -1.09. The molecule has 2 rings (SSSR count). The van der Waals surface area contributed by atoms with Crippen LogP contribution in [0.3, 0.4) is 0 Å². The van der Waals surface area contributed by atoms with E-state index in [9.17, 15) is 14.7 Å². The monoisotopic (exact) mass is 349 g/mol. The Morgan fingerprint density at radius 2 is 1.96 bits per heavy atom. The van der Waals surface area contributed by atoms with Gasteiger partial charge in [0, 0.05) is 6.42 Å². The van der Waals surface area contributed by atoms with E-state index in [-0.39, 0.29) is 22.6 Å². The lowest BCUT2D eigenvalue weighted by atomic mass is 9.67. The van der Waals surface area contributed by atoms with Crippen LogP contribution in [0.25, 0.3) is 0 Å². The number of rotatable bonds is 6. The van der Waals surface area contributed by atoms with Crippen LogP contribution < -0.4 is 14.8 Å². The molecular weight excluding hydrogens is 322 g/mol. The summed E-state index contributed by atoms with van der Waals surface area (Å²) in [6, 6.07) is 2.77. The Labute approximate surface area is 148 Å². The van der Waals surface area contributed by atoms with Crippen LogP contribution in [0.1, 0.15) is 56.3 Å². The van der Waals surface area contributed by atoms with E-state index in [1.807, 2.05) is 0 Å². The molecular formula is C19H27NO5. The minimum Gasteiger partial charge on any atom is -0.493 e. The first-order valence-electron chi connectivity index (χ1n) is 8.57. The van der Waals surface area contributed by atoms with Crippen molar-refractivity contribution < 1.29 is 24.2 Å². The molecule has 0 aliphatic heterocycles. The highest BCUT2D eigenvalue weighted by Gasteiger charge is 2.33. The van der Waals surface area contributed by atoms with Gasteiger partial charge in [0.05, 0.1) is 25.5 Å². The smallest absolute Gasteiger partial charge is 0.335 e. The van der Waals surface area contributed by atoms with Gasteiger partial charge in [-0.1, -0.05) is 26.7 Å². The van der Waals surface area contributed by atoms with Gasteiger partial charge in [0.1, 0.15) is 0 Å². The molecule has 1 aliphatic rings. The van der Waals surface area contributed by atoms with E-state index in [1.54, 1.807) is 0 Å².